The van der Waals surface area contributed by atoms with Gasteiger partial charge in [0.25, 0.3) is 0 Å². The minimum atomic E-state index is -0.963. The third-order valence-electron chi connectivity index (χ3n) is 3.14. The number of halogens is 1. The summed E-state index contributed by atoms with van der Waals surface area (Å²) in [5.41, 5.74) is 1.70. The molecule has 7 nitrogen and oxygen atoms in total. The van der Waals surface area contributed by atoms with Crippen molar-refractivity contribution in [3.8, 4) is 0 Å². The molecule has 0 radical (unpaired) electrons. The standard InChI is InChI=1S/C13H10ClN5O2/c14-9-3-1-8(2-4-9)5-10(13(20)21)11-6-15-7-12-16-17-18-19(11)12/h1-4,6-7,10H,5H2,(H,20,21). The van der Waals surface area contributed by atoms with Crippen molar-refractivity contribution in [2.24, 2.45) is 0 Å². The zero-order valence-electron chi connectivity index (χ0n) is 10.7. The minimum absolute atomic E-state index is 0.299. The van der Waals surface area contributed by atoms with Gasteiger partial charge in [0.2, 0.25) is 0 Å². The highest BCUT2D eigenvalue weighted by Gasteiger charge is 2.24. The number of aliphatic carboxylic acids is 1. The summed E-state index contributed by atoms with van der Waals surface area (Å²) in [6.45, 7) is 0. The van der Waals surface area contributed by atoms with E-state index in [1.54, 1.807) is 24.3 Å². The quantitative estimate of drug-likeness (QED) is 0.786. The summed E-state index contributed by atoms with van der Waals surface area (Å²) in [5.74, 6) is -1.76. The summed E-state index contributed by atoms with van der Waals surface area (Å²) in [6.07, 6.45) is 3.25. The Morgan fingerprint density at radius 3 is 2.76 bits per heavy atom. The maximum Gasteiger partial charge on any atom is 0.312 e. The maximum atomic E-state index is 11.6. The molecule has 3 rings (SSSR count). The van der Waals surface area contributed by atoms with Crippen molar-refractivity contribution in [3.05, 3.63) is 52.9 Å². The Kier molecular flexibility index (Phi) is 3.49. The summed E-state index contributed by atoms with van der Waals surface area (Å²) in [6, 6.07) is 7.05. The molecule has 1 N–H and O–H groups in total. The van der Waals surface area contributed by atoms with E-state index in [1.165, 1.54) is 16.9 Å². The van der Waals surface area contributed by atoms with Crippen molar-refractivity contribution in [3.63, 3.8) is 0 Å². The van der Waals surface area contributed by atoms with E-state index < -0.39 is 11.9 Å². The second kappa shape index (κ2) is 5.45. The number of carboxylic acid groups (broad SMARTS) is 1. The van der Waals surface area contributed by atoms with Gasteiger partial charge in [-0.3, -0.25) is 9.78 Å². The predicted octanol–water partition coefficient (Wildman–Crippen LogP) is 1.58. The van der Waals surface area contributed by atoms with Crippen molar-refractivity contribution < 1.29 is 9.90 Å². The molecule has 0 saturated carbocycles. The van der Waals surface area contributed by atoms with Gasteiger partial charge in [-0.2, -0.15) is 4.52 Å². The Balaban J connectivity index is 2.00. The van der Waals surface area contributed by atoms with Crippen LogP contribution < -0.4 is 0 Å². The molecule has 21 heavy (non-hydrogen) atoms. The van der Waals surface area contributed by atoms with Crippen LogP contribution in [0.4, 0.5) is 0 Å². The van der Waals surface area contributed by atoms with Gasteiger partial charge < -0.3 is 5.11 Å². The summed E-state index contributed by atoms with van der Waals surface area (Å²) in [4.78, 5) is 15.6. The van der Waals surface area contributed by atoms with Gasteiger partial charge >= 0.3 is 5.97 Å². The summed E-state index contributed by atoms with van der Waals surface area (Å²) < 4.78 is 1.39. The fourth-order valence-electron chi connectivity index (χ4n) is 2.11. The first kappa shape index (κ1) is 13.4. The van der Waals surface area contributed by atoms with Gasteiger partial charge in [0.05, 0.1) is 11.9 Å². The first-order valence-electron chi connectivity index (χ1n) is 6.14. The summed E-state index contributed by atoms with van der Waals surface area (Å²) in [7, 11) is 0. The van der Waals surface area contributed by atoms with Gasteiger partial charge in [0.1, 0.15) is 5.92 Å². The topological polar surface area (TPSA) is 93.3 Å². The number of fused-ring (bicyclic) bond motifs is 1. The normalized spacial score (nSPS) is 12.4. The largest absolute Gasteiger partial charge is 0.481 e. The first-order valence-corrected chi connectivity index (χ1v) is 6.52. The third kappa shape index (κ3) is 2.68. The third-order valence-corrected chi connectivity index (χ3v) is 3.40. The van der Waals surface area contributed by atoms with Crippen molar-refractivity contribution in [1.29, 1.82) is 0 Å². The zero-order chi connectivity index (χ0) is 14.8. The van der Waals surface area contributed by atoms with Crippen LogP contribution in [0.25, 0.3) is 5.65 Å². The van der Waals surface area contributed by atoms with Crippen molar-refractivity contribution in [2.45, 2.75) is 12.3 Å². The molecule has 1 unspecified atom stereocenters. The lowest BCUT2D eigenvalue weighted by Crippen LogP contribution is -2.18. The molecule has 2 heterocycles. The molecule has 0 aliphatic heterocycles. The van der Waals surface area contributed by atoms with Crippen molar-refractivity contribution >= 4 is 23.2 Å². The maximum absolute atomic E-state index is 11.6. The molecule has 0 bridgehead atoms. The molecule has 0 fully saturated rings. The SMILES string of the molecule is O=C(O)C(Cc1ccc(Cl)cc1)c1cncc2nnnn12. The molecule has 106 valence electrons. The van der Waals surface area contributed by atoms with Gasteiger partial charge in [-0.25, -0.2) is 0 Å². The Morgan fingerprint density at radius 2 is 2.05 bits per heavy atom. The van der Waals surface area contributed by atoms with E-state index in [0.717, 1.165) is 5.56 Å². The number of benzene rings is 1. The van der Waals surface area contributed by atoms with Crippen LogP contribution in [0.5, 0.6) is 0 Å². The second-order valence-corrected chi connectivity index (χ2v) is 4.94. The van der Waals surface area contributed by atoms with Crippen LogP contribution in [0.15, 0.2) is 36.7 Å². The lowest BCUT2D eigenvalue weighted by molar-refractivity contribution is -0.138. The van der Waals surface area contributed by atoms with Gasteiger partial charge in [-0.05, 0) is 34.5 Å². The van der Waals surface area contributed by atoms with Gasteiger partial charge in [0, 0.05) is 11.2 Å². The van der Waals surface area contributed by atoms with Crippen LogP contribution in [0, 0.1) is 0 Å². The molecule has 0 aliphatic rings. The van der Waals surface area contributed by atoms with Crippen LogP contribution in [0.1, 0.15) is 17.2 Å². The van der Waals surface area contributed by atoms with E-state index in [-0.39, 0.29) is 0 Å². The highest BCUT2D eigenvalue weighted by molar-refractivity contribution is 6.30. The average Bonchev–Trinajstić information content (AvgIpc) is 2.95. The van der Waals surface area contributed by atoms with E-state index >= 15 is 0 Å². The van der Waals surface area contributed by atoms with Crippen LogP contribution >= 0.6 is 11.6 Å². The van der Waals surface area contributed by atoms with E-state index in [9.17, 15) is 9.90 Å². The number of hydrogen-bond acceptors (Lipinski definition) is 5. The molecular weight excluding hydrogens is 294 g/mol. The number of carbonyl (C=O) groups is 1. The Morgan fingerprint density at radius 1 is 1.29 bits per heavy atom. The van der Waals surface area contributed by atoms with E-state index in [1.807, 2.05) is 0 Å². The molecule has 3 aromatic rings. The van der Waals surface area contributed by atoms with E-state index in [0.29, 0.717) is 22.8 Å². The Labute approximate surface area is 124 Å². The molecule has 8 heteroatoms. The molecule has 1 aromatic carbocycles. The summed E-state index contributed by atoms with van der Waals surface area (Å²) in [5, 5.41) is 21.2. The molecule has 0 saturated heterocycles. The number of nitrogens with zero attached hydrogens (tertiary/aromatic N) is 5. The predicted molar refractivity (Wildman–Crippen MR) is 74.1 cm³/mol. The molecule has 1 atom stereocenters. The van der Waals surface area contributed by atoms with Crippen molar-refractivity contribution in [1.82, 2.24) is 25.0 Å². The summed E-state index contributed by atoms with van der Waals surface area (Å²) >= 11 is 5.83. The second-order valence-electron chi connectivity index (χ2n) is 4.50. The lowest BCUT2D eigenvalue weighted by atomic mass is 9.96. The average molecular weight is 304 g/mol. The molecule has 0 spiro atoms. The zero-order valence-corrected chi connectivity index (χ0v) is 11.5. The molecule has 0 amide bonds. The van der Waals surface area contributed by atoms with Crippen LogP contribution in [0.2, 0.25) is 5.02 Å². The molecular formula is C13H10ClN5O2. The van der Waals surface area contributed by atoms with Crippen molar-refractivity contribution in [2.75, 3.05) is 0 Å². The monoisotopic (exact) mass is 303 g/mol. The number of aromatic nitrogens is 5. The van der Waals surface area contributed by atoms with Crippen LogP contribution in [0.3, 0.4) is 0 Å². The number of rotatable bonds is 4. The first-order chi connectivity index (χ1) is 10.1. The molecule has 2 aromatic heterocycles. The minimum Gasteiger partial charge on any atom is -0.481 e. The lowest BCUT2D eigenvalue weighted by Gasteiger charge is -2.13. The highest BCUT2D eigenvalue weighted by atomic mass is 35.5. The van der Waals surface area contributed by atoms with E-state index in [4.69, 9.17) is 11.6 Å². The fraction of sp³-hybridized carbons (Fsp3) is 0.154. The highest BCUT2D eigenvalue weighted by Crippen LogP contribution is 2.22. The Hall–Kier alpha value is -2.54. The van der Waals surface area contributed by atoms with Crippen LogP contribution in [-0.4, -0.2) is 36.1 Å². The Bertz CT molecular complexity index is 787. The van der Waals surface area contributed by atoms with Gasteiger partial charge in [-0.1, -0.05) is 23.7 Å². The number of carboxylic acids is 1. The number of tetrazole rings is 1. The van der Waals surface area contributed by atoms with Gasteiger partial charge in [-0.15, -0.1) is 5.10 Å². The fourth-order valence-corrected chi connectivity index (χ4v) is 2.23. The molecule has 0 aliphatic carbocycles. The number of hydrogen-bond donors (Lipinski definition) is 1. The smallest absolute Gasteiger partial charge is 0.312 e. The van der Waals surface area contributed by atoms with Gasteiger partial charge in [0.15, 0.2) is 5.65 Å². The van der Waals surface area contributed by atoms with Crippen LogP contribution in [-0.2, 0) is 11.2 Å². The van der Waals surface area contributed by atoms with E-state index in [2.05, 4.69) is 20.5 Å².